The van der Waals surface area contributed by atoms with Crippen LogP contribution < -0.4 is 15.2 Å². The van der Waals surface area contributed by atoms with E-state index in [2.05, 4.69) is 19.9 Å². The third kappa shape index (κ3) is 2.11. The molecule has 3 aliphatic rings. The Balaban J connectivity index is 1.33. The molecular formula is C20H17N5O3. The van der Waals surface area contributed by atoms with Crippen LogP contribution in [0, 0.1) is 0 Å². The Morgan fingerprint density at radius 3 is 2.89 bits per heavy atom. The number of nitrogens with zero attached hydrogens (tertiary/aromatic N) is 4. The maximum atomic E-state index is 12.3. The first-order valence-corrected chi connectivity index (χ1v) is 9.30. The van der Waals surface area contributed by atoms with Crippen LogP contribution >= 0.6 is 0 Å². The highest BCUT2D eigenvalue weighted by molar-refractivity contribution is 5.78. The zero-order chi connectivity index (χ0) is 18.9. The summed E-state index contributed by atoms with van der Waals surface area (Å²) in [5.74, 6) is 2.31. The van der Waals surface area contributed by atoms with Crippen molar-refractivity contribution in [2.75, 3.05) is 6.61 Å². The molecule has 0 bridgehead atoms. The number of nitrogens with one attached hydrogen (secondary N) is 1. The van der Waals surface area contributed by atoms with E-state index >= 15 is 0 Å². The molecule has 140 valence electrons. The third-order valence-corrected chi connectivity index (χ3v) is 5.72. The molecule has 28 heavy (non-hydrogen) atoms. The van der Waals surface area contributed by atoms with E-state index in [1.807, 2.05) is 25.1 Å². The number of hydrogen-bond acceptors (Lipinski definition) is 6. The lowest BCUT2D eigenvalue weighted by Crippen LogP contribution is -2.15. The van der Waals surface area contributed by atoms with Crippen LogP contribution in [0.25, 0.3) is 5.69 Å². The molecule has 1 unspecified atom stereocenters. The Morgan fingerprint density at radius 1 is 1.29 bits per heavy atom. The lowest BCUT2D eigenvalue weighted by molar-refractivity contribution is 0.323. The Morgan fingerprint density at radius 2 is 2.11 bits per heavy atom. The largest absolute Gasteiger partial charge is 0.492 e. The zero-order valence-corrected chi connectivity index (χ0v) is 15.2. The second-order valence-corrected chi connectivity index (χ2v) is 7.59. The van der Waals surface area contributed by atoms with Gasteiger partial charge >= 0.3 is 11.7 Å². The van der Waals surface area contributed by atoms with Crippen LogP contribution in [0.2, 0.25) is 0 Å². The van der Waals surface area contributed by atoms with Gasteiger partial charge in [0.15, 0.2) is 5.82 Å². The van der Waals surface area contributed by atoms with Gasteiger partial charge < -0.3 is 14.5 Å². The summed E-state index contributed by atoms with van der Waals surface area (Å²) in [4.78, 5) is 28.1. The molecule has 1 atom stereocenters. The van der Waals surface area contributed by atoms with Gasteiger partial charge in [-0.2, -0.15) is 0 Å². The van der Waals surface area contributed by atoms with Crippen molar-refractivity contribution in [3.63, 3.8) is 0 Å². The lowest BCUT2D eigenvalue weighted by Gasteiger charge is -2.11. The Labute approximate surface area is 159 Å². The molecule has 1 N–H and O–H groups in total. The van der Waals surface area contributed by atoms with Crippen molar-refractivity contribution >= 4 is 12.0 Å². The highest BCUT2D eigenvalue weighted by atomic mass is 16.5. The Hall–Kier alpha value is -3.42. The SMILES string of the molecule is CC1C=Nc2c1[nH]c(=O)n2-c1cnc(Oc2cccc3c2C2(CC2)CO3)nc1. The quantitative estimate of drug-likeness (QED) is 0.759. The van der Waals surface area contributed by atoms with Gasteiger partial charge in [0.2, 0.25) is 0 Å². The standard InChI is InChI=1S/C20H17N5O3/c1-11-7-21-17-16(11)24-19(26)25(17)12-8-22-18(23-9-12)28-14-4-2-3-13-15(14)20(5-6-20)10-27-13/h2-4,7-9,11H,5-6,10H2,1H3,(H,24,26). The molecule has 0 radical (unpaired) electrons. The molecule has 4 heterocycles. The smallest absolute Gasteiger partial charge is 0.332 e. The summed E-state index contributed by atoms with van der Waals surface area (Å²) in [6.45, 7) is 2.70. The van der Waals surface area contributed by atoms with E-state index in [1.165, 1.54) is 4.57 Å². The predicted octanol–water partition coefficient (Wildman–Crippen LogP) is 2.99. The number of imidazole rings is 1. The molecule has 0 saturated heterocycles. The maximum Gasteiger partial charge on any atom is 0.332 e. The minimum Gasteiger partial charge on any atom is -0.492 e. The van der Waals surface area contributed by atoms with Crippen LogP contribution in [0.15, 0.2) is 40.4 Å². The number of fused-ring (bicyclic) bond motifs is 3. The van der Waals surface area contributed by atoms with E-state index < -0.39 is 0 Å². The third-order valence-electron chi connectivity index (χ3n) is 5.72. The highest BCUT2D eigenvalue weighted by Crippen LogP contribution is 2.58. The second kappa shape index (κ2) is 5.31. The molecule has 2 aliphatic heterocycles. The molecule has 1 aliphatic carbocycles. The topological polar surface area (TPSA) is 94.4 Å². The average Bonchev–Trinajstić information content (AvgIpc) is 3.10. The fraction of sp³-hybridized carbons (Fsp3) is 0.300. The molecule has 1 saturated carbocycles. The van der Waals surface area contributed by atoms with Gasteiger partial charge in [-0.3, -0.25) is 0 Å². The van der Waals surface area contributed by atoms with Crippen molar-refractivity contribution in [2.45, 2.75) is 31.1 Å². The number of ether oxygens (including phenoxy) is 2. The van der Waals surface area contributed by atoms with Crippen LogP contribution in [0.5, 0.6) is 17.5 Å². The molecule has 2 aromatic heterocycles. The summed E-state index contributed by atoms with van der Waals surface area (Å²) in [6.07, 6.45) is 7.17. The summed E-state index contributed by atoms with van der Waals surface area (Å²) in [7, 11) is 0. The van der Waals surface area contributed by atoms with Crippen LogP contribution in [0.1, 0.15) is 36.9 Å². The van der Waals surface area contributed by atoms with E-state index in [4.69, 9.17) is 9.47 Å². The zero-order valence-electron chi connectivity index (χ0n) is 15.2. The van der Waals surface area contributed by atoms with Crippen LogP contribution in [-0.4, -0.2) is 32.3 Å². The van der Waals surface area contributed by atoms with Crippen molar-refractivity contribution in [2.24, 2.45) is 4.99 Å². The minimum absolute atomic E-state index is 0.0876. The normalized spacial score (nSPS) is 20.1. The summed E-state index contributed by atoms with van der Waals surface area (Å²) >= 11 is 0. The van der Waals surface area contributed by atoms with Gasteiger partial charge in [-0.15, -0.1) is 0 Å². The molecule has 3 aromatic rings. The van der Waals surface area contributed by atoms with Crippen LogP contribution in [0.4, 0.5) is 5.82 Å². The number of benzene rings is 1. The number of rotatable bonds is 3. The Bertz CT molecular complexity index is 1190. The summed E-state index contributed by atoms with van der Waals surface area (Å²) in [5.41, 5.74) is 2.31. The fourth-order valence-corrected chi connectivity index (χ4v) is 4.03. The van der Waals surface area contributed by atoms with Crippen molar-refractivity contribution in [1.29, 1.82) is 0 Å². The van der Waals surface area contributed by atoms with E-state index in [-0.39, 0.29) is 23.0 Å². The van der Waals surface area contributed by atoms with Gasteiger partial charge in [0.1, 0.15) is 11.5 Å². The van der Waals surface area contributed by atoms with Gasteiger partial charge in [-0.25, -0.2) is 24.3 Å². The number of aliphatic imine (C=N–C) groups is 1. The van der Waals surface area contributed by atoms with E-state index in [1.54, 1.807) is 18.6 Å². The van der Waals surface area contributed by atoms with E-state index in [0.717, 1.165) is 35.6 Å². The van der Waals surface area contributed by atoms with Gasteiger partial charge in [-0.05, 0) is 25.0 Å². The Kier molecular flexibility index (Phi) is 2.96. The molecule has 1 fully saturated rings. The van der Waals surface area contributed by atoms with Crippen molar-refractivity contribution < 1.29 is 9.47 Å². The number of aromatic nitrogens is 4. The molecule has 1 aromatic carbocycles. The molecule has 1 spiro atoms. The molecular weight excluding hydrogens is 358 g/mol. The molecule has 0 amide bonds. The number of hydrogen-bond donors (Lipinski definition) is 1. The molecule has 8 heteroatoms. The second-order valence-electron chi connectivity index (χ2n) is 7.59. The lowest BCUT2D eigenvalue weighted by atomic mass is 9.97. The molecule has 8 nitrogen and oxygen atoms in total. The monoisotopic (exact) mass is 375 g/mol. The van der Waals surface area contributed by atoms with Crippen molar-refractivity contribution in [1.82, 2.24) is 19.5 Å². The van der Waals surface area contributed by atoms with Crippen LogP contribution in [-0.2, 0) is 5.41 Å². The summed E-state index contributed by atoms with van der Waals surface area (Å²) < 4.78 is 13.3. The molecule has 6 rings (SSSR count). The first kappa shape index (κ1) is 15.6. The number of H-pyrrole nitrogens is 1. The summed E-state index contributed by atoms with van der Waals surface area (Å²) in [6, 6.07) is 6.03. The van der Waals surface area contributed by atoms with Gasteiger partial charge in [-0.1, -0.05) is 13.0 Å². The predicted molar refractivity (Wildman–Crippen MR) is 101 cm³/mol. The van der Waals surface area contributed by atoms with E-state index in [9.17, 15) is 4.79 Å². The fourth-order valence-electron chi connectivity index (χ4n) is 4.03. The van der Waals surface area contributed by atoms with Gasteiger partial charge in [0.25, 0.3) is 0 Å². The van der Waals surface area contributed by atoms with Crippen molar-refractivity contribution in [3.8, 4) is 23.2 Å². The average molecular weight is 375 g/mol. The van der Waals surface area contributed by atoms with E-state index in [0.29, 0.717) is 18.1 Å². The number of aromatic amines is 1. The van der Waals surface area contributed by atoms with Crippen LogP contribution in [0.3, 0.4) is 0 Å². The van der Waals surface area contributed by atoms with Gasteiger partial charge in [0.05, 0.1) is 30.4 Å². The first-order valence-electron chi connectivity index (χ1n) is 9.30. The first-order chi connectivity index (χ1) is 13.6. The van der Waals surface area contributed by atoms with Crippen molar-refractivity contribution in [3.05, 3.63) is 52.3 Å². The maximum absolute atomic E-state index is 12.3. The summed E-state index contributed by atoms with van der Waals surface area (Å²) in [5, 5.41) is 0. The minimum atomic E-state index is -0.250. The van der Waals surface area contributed by atoms with Gasteiger partial charge in [0, 0.05) is 23.1 Å². The highest BCUT2D eigenvalue weighted by Gasteiger charge is 2.52.